The molecule has 4 aromatic rings. The van der Waals surface area contributed by atoms with Crippen LogP contribution in [0.4, 0.5) is 0 Å². The molecule has 5 rings (SSSR count). The first-order chi connectivity index (χ1) is 19.8. The van der Waals surface area contributed by atoms with Crippen LogP contribution in [0.1, 0.15) is 43.2 Å². The number of hydrogen-bond donors (Lipinski definition) is 2. The number of amides is 1. The number of carbonyl (C=O) groups is 2. The molecule has 10 heteroatoms. The average molecular weight is 557 g/mol. The number of carbonyl (C=O) groups excluding carboxylic acids is 2. The maximum Gasteiger partial charge on any atom is 0.281 e. The van der Waals surface area contributed by atoms with Crippen LogP contribution >= 0.6 is 0 Å². The summed E-state index contributed by atoms with van der Waals surface area (Å²) in [5.41, 5.74) is 3.08. The maximum atomic E-state index is 13.4. The lowest BCUT2D eigenvalue weighted by molar-refractivity contribution is -0.136. The van der Waals surface area contributed by atoms with Crippen LogP contribution in [0, 0.1) is 0 Å². The van der Waals surface area contributed by atoms with E-state index in [9.17, 15) is 19.5 Å². The first-order valence-corrected chi connectivity index (χ1v) is 14.0. The van der Waals surface area contributed by atoms with E-state index < -0.39 is 5.60 Å². The van der Waals surface area contributed by atoms with Crippen molar-refractivity contribution in [1.82, 2.24) is 29.5 Å². The van der Waals surface area contributed by atoms with Gasteiger partial charge in [-0.3, -0.25) is 18.8 Å². The average Bonchev–Trinajstić information content (AvgIpc) is 3.32. The number of nitrogens with zero attached hydrogens (tertiary/aromatic N) is 5. The summed E-state index contributed by atoms with van der Waals surface area (Å²) in [6, 6.07) is 17.8. The molecule has 2 aromatic carbocycles. The highest BCUT2D eigenvalue weighted by atomic mass is 16.3. The van der Waals surface area contributed by atoms with E-state index in [4.69, 9.17) is 0 Å². The molecule has 3 heterocycles. The lowest BCUT2D eigenvalue weighted by Gasteiger charge is -2.38. The number of aryl methyl sites for hydroxylation is 1. The molecule has 1 fully saturated rings. The molecule has 2 N–H and O–H groups in total. The van der Waals surface area contributed by atoms with Crippen molar-refractivity contribution in [1.29, 1.82) is 0 Å². The van der Waals surface area contributed by atoms with Gasteiger partial charge in [-0.25, -0.2) is 4.98 Å². The molecular formula is C31H36N6O4. The van der Waals surface area contributed by atoms with Crippen LogP contribution in [-0.2, 0) is 29.7 Å². The minimum absolute atomic E-state index is 0.0786. The molecular weight excluding hydrogens is 520 g/mol. The number of aromatic nitrogens is 4. The highest BCUT2D eigenvalue weighted by Crippen LogP contribution is 2.28. The second-order valence-electron chi connectivity index (χ2n) is 11.0. The van der Waals surface area contributed by atoms with Gasteiger partial charge in [-0.15, -0.1) is 0 Å². The Bertz CT molecular complexity index is 1570. The SMILES string of the molecule is CC(CC(=O)N1CCC(O)(Cn2cnc3c(-c4ccc(CNCC=O)cc4)n(C)nc3c2=O)CC1)c1ccccc1. The summed E-state index contributed by atoms with van der Waals surface area (Å²) in [4.78, 5) is 43.3. The molecule has 1 saturated heterocycles. The molecule has 10 nitrogen and oxygen atoms in total. The maximum absolute atomic E-state index is 13.4. The van der Waals surface area contributed by atoms with Crippen LogP contribution in [0.5, 0.6) is 0 Å². The van der Waals surface area contributed by atoms with Crippen LogP contribution in [-0.4, -0.2) is 66.8 Å². The van der Waals surface area contributed by atoms with Gasteiger partial charge in [-0.1, -0.05) is 61.5 Å². The molecule has 2 aromatic heterocycles. The summed E-state index contributed by atoms with van der Waals surface area (Å²) >= 11 is 0. The van der Waals surface area contributed by atoms with Crippen molar-refractivity contribution in [2.75, 3.05) is 19.6 Å². The molecule has 0 spiro atoms. The van der Waals surface area contributed by atoms with Crippen LogP contribution in [0.2, 0.25) is 0 Å². The number of rotatable bonds is 10. The monoisotopic (exact) mass is 556 g/mol. The molecule has 1 amide bonds. The van der Waals surface area contributed by atoms with E-state index in [0.29, 0.717) is 51.0 Å². The van der Waals surface area contributed by atoms with Gasteiger partial charge < -0.3 is 20.1 Å². The number of fused-ring (bicyclic) bond motifs is 1. The zero-order valence-corrected chi connectivity index (χ0v) is 23.5. The summed E-state index contributed by atoms with van der Waals surface area (Å²) in [6.45, 7) is 3.90. The van der Waals surface area contributed by atoms with E-state index in [1.807, 2.05) is 59.5 Å². The van der Waals surface area contributed by atoms with E-state index in [1.54, 1.807) is 11.7 Å². The van der Waals surface area contributed by atoms with E-state index in [0.717, 1.165) is 28.7 Å². The predicted octanol–water partition coefficient (Wildman–Crippen LogP) is 2.63. The summed E-state index contributed by atoms with van der Waals surface area (Å²) < 4.78 is 3.08. The summed E-state index contributed by atoms with van der Waals surface area (Å²) in [5.74, 6) is 0.197. The lowest BCUT2D eigenvalue weighted by Crippen LogP contribution is -2.49. The molecule has 0 saturated carbocycles. The molecule has 41 heavy (non-hydrogen) atoms. The Morgan fingerprint density at radius 2 is 1.80 bits per heavy atom. The quantitative estimate of drug-likeness (QED) is 0.227. The smallest absolute Gasteiger partial charge is 0.281 e. The minimum Gasteiger partial charge on any atom is -0.388 e. The van der Waals surface area contributed by atoms with Crippen LogP contribution in [0.25, 0.3) is 22.3 Å². The molecule has 1 aliphatic heterocycles. The third-order valence-corrected chi connectivity index (χ3v) is 7.96. The fourth-order valence-corrected chi connectivity index (χ4v) is 5.53. The fourth-order valence-electron chi connectivity index (χ4n) is 5.53. The summed E-state index contributed by atoms with van der Waals surface area (Å²) in [6.07, 6.45) is 3.48. The number of nitrogens with one attached hydrogen (secondary N) is 1. The van der Waals surface area contributed by atoms with Gasteiger partial charge in [0.05, 0.1) is 30.7 Å². The van der Waals surface area contributed by atoms with Gasteiger partial charge in [0.15, 0.2) is 5.52 Å². The second kappa shape index (κ2) is 12.2. The van der Waals surface area contributed by atoms with E-state index in [-0.39, 0.29) is 29.4 Å². The Morgan fingerprint density at radius 1 is 1.10 bits per heavy atom. The molecule has 1 atom stereocenters. The van der Waals surface area contributed by atoms with Crippen LogP contribution in [0.3, 0.4) is 0 Å². The lowest BCUT2D eigenvalue weighted by atomic mass is 9.90. The largest absolute Gasteiger partial charge is 0.388 e. The van der Waals surface area contributed by atoms with Gasteiger partial charge in [0.25, 0.3) is 5.56 Å². The van der Waals surface area contributed by atoms with Crippen molar-refractivity contribution in [3.63, 3.8) is 0 Å². The topological polar surface area (TPSA) is 122 Å². The Balaban J connectivity index is 1.25. The zero-order valence-electron chi connectivity index (χ0n) is 23.5. The van der Waals surface area contributed by atoms with E-state index in [1.165, 1.54) is 10.9 Å². The van der Waals surface area contributed by atoms with E-state index >= 15 is 0 Å². The summed E-state index contributed by atoms with van der Waals surface area (Å²) in [5, 5.41) is 18.9. The van der Waals surface area contributed by atoms with E-state index in [2.05, 4.69) is 22.3 Å². The van der Waals surface area contributed by atoms with Crippen molar-refractivity contribution >= 4 is 23.2 Å². The van der Waals surface area contributed by atoms with Gasteiger partial charge in [0, 0.05) is 38.7 Å². The highest BCUT2D eigenvalue weighted by Gasteiger charge is 2.35. The third kappa shape index (κ3) is 6.28. The number of piperidine rings is 1. The Hall–Kier alpha value is -4.15. The molecule has 0 bridgehead atoms. The number of hydrogen-bond acceptors (Lipinski definition) is 7. The molecule has 214 valence electrons. The van der Waals surface area contributed by atoms with Crippen molar-refractivity contribution in [3.8, 4) is 11.3 Å². The first kappa shape index (κ1) is 28.4. The van der Waals surface area contributed by atoms with Crippen molar-refractivity contribution < 1.29 is 14.7 Å². The fraction of sp³-hybridized carbons (Fsp3) is 0.387. The van der Waals surface area contributed by atoms with Gasteiger partial charge >= 0.3 is 0 Å². The predicted molar refractivity (Wildman–Crippen MR) is 156 cm³/mol. The van der Waals surface area contributed by atoms with Gasteiger partial charge in [0.2, 0.25) is 5.91 Å². The number of benzene rings is 2. The number of likely N-dealkylation sites (tertiary alicyclic amines) is 1. The molecule has 0 radical (unpaired) electrons. The van der Waals surface area contributed by atoms with Crippen molar-refractivity contribution in [3.05, 3.63) is 82.4 Å². The van der Waals surface area contributed by atoms with Crippen LogP contribution < -0.4 is 10.9 Å². The molecule has 0 aliphatic carbocycles. The number of aliphatic hydroxyl groups is 1. The second-order valence-corrected chi connectivity index (χ2v) is 11.0. The molecule has 1 aliphatic rings. The van der Waals surface area contributed by atoms with Gasteiger partial charge in [-0.05, 0) is 29.9 Å². The normalized spacial score (nSPS) is 15.6. The first-order valence-electron chi connectivity index (χ1n) is 14.0. The standard InChI is InChI=1S/C31H36N6O4/c1-22(24-6-4-3-5-7-24)18-26(39)36-15-12-31(41,13-16-36)20-37-21-33-27-28(30(37)40)34-35(2)29(27)25-10-8-23(9-11-25)19-32-14-17-38/h3-11,17,21-22,32,41H,12-16,18-20H2,1-2H3. The highest BCUT2D eigenvalue weighted by molar-refractivity contribution is 5.89. The van der Waals surface area contributed by atoms with Gasteiger partial charge in [0.1, 0.15) is 11.8 Å². The van der Waals surface area contributed by atoms with Crippen LogP contribution in [0.15, 0.2) is 65.7 Å². The molecule has 1 unspecified atom stereocenters. The van der Waals surface area contributed by atoms with Crippen molar-refractivity contribution in [2.24, 2.45) is 7.05 Å². The Kier molecular flexibility index (Phi) is 8.41. The third-order valence-electron chi connectivity index (χ3n) is 7.96. The zero-order chi connectivity index (χ0) is 29.0. The number of aldehydes is 1. The Morgan fingerprint density at radius 3 is 2.49 bits per heavy atom. The van der Waals surface area contributed by atoms with Gasteiger partial charge in [-0.2, -0.15) is 5.10 Å². The Labute approximate surface area is 238 Å². The van der Waals surface area contributed by atoms with Crippen molar-refractivity contribution in [2.45, 2.75) is 50.8 Å². The summed E-state index contributed by atoms with van der Waals surface area (Å²) in [7, 11) is 1.78. The minimum atomic E-state index is -1.12.